The van der Waals surface area contributed by atoms with Crippen LogP contribution in [0.4, 0.5) is 0 Å². The number of aliphatic hydroxyl groups excluding tert-OH is 1. The van der Waals surface area contributed by atoms with Crippen LogP contribution in [0.25, 0.3) is 10.9 Å². The van der Waals surface area contributed by atoms with Gasteiger partial charge >= 0.3 is 0 Å². The summed E-state index contributed by atoms with van der Waals surface area (Å²) in [5, 5.41) is 11.4. The summed E-state index contributed by atoms with van der Waals surface area (Å²) in [6, 6.07) is 5.69. The third-order valence-electron chi connectivity index (χ3n) is 2.44. The zero-order valence-corrected chi connectivity index (χ0v) is 8.67. The number of benzene rings is 1. The number of rotatable bonds is 2. The van der Waals surface area contributed by atoms with Gasteiger partial charge in [-0.1, -0.05) is 30.7 Å². The number of nitrogens with one attached hydrogen (secondary N) is 1. The fourth-order valence-electron chi connectivity index (χ4n) is 1.63. The van der Waals surface area contributed by atoms with Crippen LogP contribution < -0.4 is 0 Å². The number of aromatic nitrogens is 1. The van der Waals surface area contributed by atoms with Crippen molar-refractivity contribution in [1.82, 2.24) is 4.98 Å². The van der Waals surface area contributed by atoms with E-state index >= 15 is 0 Å². The van der Waals surface area contributed by atoms with Crippen molar-refractivity contribution >= 4 is 22.5 Å². The normalized spacial score (nSPS) is 13.4. The van der Waals surface area contributed by atoms with E-state index in [4.69, 9.17) is 11.6 Å². The van der Waals surface area contributed by atoms with E-state index in [1.54, 1.807) is 0 Å². The van der Waals surface area contributed by atoms with Gasteiger partial charge in [0, 0.05) is 17.1 Å². The Kier molecular flexibility index (Phi) is 2.48. The zero-order valence-electron chi connectivity index (χ0n) is 7.92. The van der Waals surface area contributed by atoms with E-state index in [1.165, 1.54) is 0 Å². The summed E-state index contributed by atoms with van der Waals surface area (Å²) >= 11 is 6.01. The minimum atomic E-state index is -0.415. The van der Waals surface area contributed by atoms with Crippen molar-refractivity contribution in [2.75, 3.05) is 0 Å². The topological polar surface area (TPSA) is 36.0 Å². The third-order valence-corrected chi connectivity index (χ3v) is 2.76. The van der Waals surface area contributed by atoms with Crippen LogP contribution in [0.15, 0.2) is 24.4 Å². The molecule has 2 N–H and O–H groups in total. The summed E-state index contributed by atoms with van der Waals surface area (Å²) < 4.78 is 0. The van der Waals surface area contributed by atoms with Crippen LogP contribution >= 0.6 is 11.6 Å². The molecule has 0 aliphatic rings. The SMILES string of the molecule is CC[C@H](O)c1c[nH]c2c(Cl)cccc12. The summed E-state index contributed by atoms with van der Waals surface area (Å²) in [7, 11) is 0. The van der Waals surface area contributed by atoms with E-state index in [-0.39, 0.29) is 0 Å². The monoisotopic (exact) mass is 209 g/mol. The molecule has 1 aromatic carbocycles. The highest BCUT2D eigenvalue weighted by Crippen LogP contribution is 2.29. The molecule has 1 aromatic heterocycles. The van der Waals surface area contributed by atoms with Gasteiger partial charge in [-0.3, -0.25) is 0 Å². The van der Waals surface area contributed by atoms with E-state index in [1.807, 2.05) is 31.3 Å². The standard InChI is InChI=1S/C11H12ClNO/c1-2-10(14)8-6-13-11-7(8)4-3-5-9(11)12/h3-6,10,13-14H,2H2,1H3/t10-/m0/s1. The molecule has 0 amide bonds. The fraction of sp³-hybridized carbons (Fsp3) is 0.273. The second-order valence-corrected chi connectivity index (χ2v) is 3.74. The first kappa shape index (κ1) is 9.56. The van der Waals surface area contributed by atoms with Gasteiger partial charge in [0.1, 0.15) is 0 Å². The van der Waals surface area contributed by atoms with Gasteiger partial charge in [0.2, 0.25) is 0 Å². The molecule has 1 heterocycles. The van der Waals surface area contributed by atoms with Gasteiger partial charge < -0.3 is 10.1 Å². The number of H-pyrrole nitrogens is 1. The van der Waals surface area contributed by atoms with E-state index in [2.05, 4.69) is 4.98 Å². The fourth-order valence-corrected chi connectivity index (χ4v) is 1.86. The number of fused-ring (bicyclic) bond motifs is 1. The second-order valence-electron chi connectivity index (χ2n) is 3.33. The lowest BCUT2D eigenvalue weighted by Gasteiger charge is -2.05. The average Bonchev–Trinajstić information content (AvgIpc) is 2.62. The zero-order chi connectivity index (χ0) is 10.1. The maximum Gasteiger partial charge on any atom is 0.0808 e. The Morgan fingerprint density at radius 1 is 1.50 bits per heavy atom. The summed E-state index contributed by atoms with van der Waals surface area (Å²) in [6.07, 6.45) is 2.12. The van der Waals surface area contributed by atoms with Crippen LogP contribution in [0, 0.1) is 0 Å². The predicted molar refractivity (Wildman–Crippen MR) is 58.6 cm³/mol. The minimum absolute atomic E-state index is 0.415. The highest BCUT2D eigenvalue weighted by Gasteiger charge is 2.11. The summed E-state index contributed by atoms with van der Waals surface area (Å²) in [5.41, 5.74) is 1.82. The number of aromatic amines is 1. The maximum atomic E-state index is 9.74. The number of halogens is 1. The lowest BCUT2D eigenvalue weighted by atomic mass is 10.1. The maximum absolute atomic E-state index is 9.74. The van der Waals surface area contributed by atoms with Crippen LogP contribution in [-0.2, 0) is 0 Å². The Balaban J connectivity index is 2.63. The summed E-state index contributed by atoms with van der Waals surface area (Å²) in [6.45, 7) is 1.95. The van der Waals surface area contributed by atoms with Crippen LogP contribution in [0.5, 0.6) is 0 Å². The molecule has 0 aliphatic carbocycles. The third kappa shape index (κ3) is 1.41. The van der Waals surface area contributed by atoms with Crippen molar-refractivity contribution in [2.24, 2.45) is 0 Å². The van der Waals surface area contributed by atoms with Gasteiger partial charge in [-0.25, -0.2) is 0 Å². The molecule has 0 unspecified atom stereocenters. The van der Waals surface area contributed by atoms with Crippen molar-refractivity contribution in [1.29, 1.82) is 0 Å². The molecule has 74 valence electrons. The Hall–Kier alpha value is -0.990. The van der Waals surface area contributed by atoms with Crippen molar-refractivity contribution in [3.05, 3.63) is 35.0 Å². The van der Waals surface area contributed by atoms with Crippen LogP contribution in [-0.4, -0.2) is 10.1 Å². The molecule has 0 aliphatic heterocycles. The number of hydrogen-bond acceptors (Lipinski definition) is 1. The smallest absolute Gasteiger partial charge is 0.0808 e. The lowest BCUT2D eigenvalue weighted by molar-refractivity contribution is 0.175. The Morgan fingerprint density at radius 2 is 2.29 bits per heavy atom. The number of hydrogen-bond donors (Lipinski definition) is 2. The predicted octanol–water partition coefficient (Wildman–Crippen LogP) is 3.26. The molecule has 2 nitrogen and oxygen atoms in total. The van der Waals surface area contributed by atoms with Crippen molar-refractivity contribution < 1.29 is 5.11 Å². The number of para-hydroxylation sites is 1. The molecule has 0 saturated heterocycles. The van der Waals surface area contributed by atoms with Crippen molar-refractivity contribution in [3.63, 3.8) is 0 Å². The van der Waals surface area contributed by atoms with E-state index < -0.39 is 6.10 Å². The molecule has 2 aromatic rings. The van der Waals surface area contributed by atoms with Crippen LogP contribution in [0.1, 0.15) is 25.0 Å². The summed E-state index contributed by atoms with van der Waals surface area (Å²) in [4.78, 5) is 3.08. The van der Waals surface area contributed by atoms with Gasteiger partial charge in [0.05, 0.1) is 16.6 Å². The Bertz CT molecular complexity index is 449. The highest BCUT2D eigenvalue weighted by molar-refractivity contribution is 6.35. The van der Waals surface area contributed by atoms with Crippen molar-refractivity contribution in [3.8, 4) is 0 Å². The van der Waals surface area contributed by atoms with E-state index in [0.717, 1.165) is 16.5 Å². The van der Waals surface area contributed by atoms with Crippen LogP contribution in [0.3, 0.4) is 0 Å². The molecule has 0 bridgehead atoms. The van der Waals surface area contributed by atoms with Gasteiger partial charge in [-0.2, -0.15) is 0 Å². The molecule has 0 radical (unpaired) electrons. The molecule has 1 atom stereocenters. The van der Waals surface area contributed by atoms with Gasteiger partial charge in [0.15, 0.2) is 0 Å². The highest BCUT2D eigenvalue weighted by atomic mass is 35.5. The van der Waals surface area contributed by atoms with Gasteiger partial charge in [-0.15, -0.1) is 0 Å². The van der Waals surface area contributed by atoms with Gasteiger partial charge in [-0.05, 0) is 12.5 Å². The second kappa shape index (κ2) is 3.64. The Labute approximate surface area is 87.5 Å². The van der Waals surface area contributed by atoms with Crippen LogP contribution in [0.2, 0.25) is 5.02 Å². The molecule has 3 heteroatoms. The largest absolute Gasteiger partial charge is 0.388 e. The first-order valence-electron chi connectivity index (χ1n) is 4.67. The van der Waals surface area contributed by atoms with E-state index in [0.29, 0.717) is 11.4 Å². The molecule has 0 fully saturated rings. The molecule has 2 rings (SSSR count). The van der Waals surface area contributed by atoms with E-state index in [9.17, 15) is 5.11 Å². The number of aliphatic hydroxyl groups is 1. The van der Waals surface area contributed by atoms with Gasteiger partial charge in [0.25, 0.3) is 0 Å². The lowest BCUT2D eigenvalue weighted by Crippen LogP contribution is -1.92. The average molecular weight is 210 g/mol. The van der Waals surface area contributed by atoms with Crippen molar-refractivity contribution in [2.45, 2.75) is 19.4 Å². The molecule has 14 heavy (non-hydrogen) atoms. The molecular weight excluding hydrogens is 198 g/mol. The molecule has 0 spiro atoms. The quantitative estimate of drug-likeness (QED) is 0.783. The minimum Gasteiger partial charge on any atom is -0.388 e. The Morgan fingerprint density at radius 3 is 3.00 bits per heavy atom. The first-order valence-corrected chi connectivity index (χ1v) is 5.05. The first-order chi connectivity index (χ1) is 6.74. The summed E-state index contributed by atoms with van der Waals surface area (Å²) in [5.74, 6) is 0. The molecular formula is C11H12ClNO. The molecule has 0 saturated carbocycles.